The van der Waals surface area contributed by atoms with E-state index >= 15 is 0 Å². The molecular formula is C25H33NO. The van der Waals surface area contributed by atoms with Gasteiger partial charge in [-0.2, -0.15) is 0 Å². The monoisotopic (exact) mass is 363 g/mol. The lowest BCUT2D eigenvalue weighted by molar-refractivity contribution is 0.216. The van der Waals surface area contributed by atoms with Gasteiger partial charge in [0.2, 0.25) is 0 Å². The molecule has 0 aromatic heterocycles. The lowest BCUT2D eigenvalue weighted by atomic mass is 9.72. The van der Waals surface area contributed by atoms with Crippen LogP contribution in [0.2, 0.25) is 0 Å². The number of aryl methyl sites for hydroxylation is 1. The minimum Gasteiger partial charge on any atom is -0.494 e. The molecule has 0 heterocycles. The summed E-state index contributed by atoms with van der Waals surface area (Å²) in [5.41, 5.74) is 8.59. The molecule has 3 rings (SSSR count). The first-order valence-corrected chi connectivity index (χ1v) is 10.4. The van der Waals surface area contributed by atoms with Crippen LogP contribution in [0, 0.1) is 5.41 Å². The molecule has 2 aromatic carbocycles. The number of ether oxygens (including phenoxy) is 1. The van der Waals surface area contributed by atoms with Crippen molar-refractivity contribution in [3.8, 4) is 5.75 Å². The van der Waals surface area contributed by atoms with Crippen LogP contribution in [0.3, 0.4) is 0 Å². The van der Waals surface area contributed by atoms with Crippen LogP contribution in [0.4, 0.5) is 0 Å². The van der Waals surface area contributed by atoms with Crippen molar-refractivity contribution in [1.29, 1.82) is 0 Å². The van der Waals surface area contributed by atoms with Crippen LogP contribution in [0.1, 0.15) is 49.7 Å². The van der Waals surface area contributed by atoms with E-state index in [0.29, 0.717) is 0 Å². The van der Waals surface area contributed by atoms with Gasteiger partial charge in [-0.15, -0.1) is 0 Å². The number of hydrogen-bond acceptors (Lipinski definition) is 2. The zero-order valence-electron chi connectivity index (χ0n) is 16.4. The first-order valence-electron chi connectivity index (χ1n) is 10.4. The number of unbranched alkanes of at least 4 members (excludes halogenated alkanes) is 1. The highest BCUT2D eigenvalue weighted by Gasteiger charge is 2.28. The summed E-state index contributed by atoms with van der Waals surface area (Å²) in [5.74, 6) is 0.979. The second-order valence-electron chi connectivity index (χ2n) is 7.81. The molecule has 144 valence electrons. The Bertz CT molecular complexity index is 692. The first-order chi connectivity index (χ1) is 13.3. The van der Waals surface area contributed by atoms with Crippen molar-refractivity contribution < 1.29 is 4.74 Å². The SMILES string of the molecule is NCCCCc1ccc(OCCC2(Cc3ccccc3)C=CCCC2)cc1. The van der Waals surface area contributed by atoms with Gasteiger partial charge in [-0.25, -0.2) is 0 Å². The maximum absolute atomic E-state index is 6.10. The molecule has 0 saturated heterocycles. The van der Waals surface area contributed by atoms with Gasteiger partial charge < -0.3 is 10.5 Å². The van der Waals surface area contributed by atoms with E-state index in [9.17, 15) is 0 Å². The van der Waals surface area contributed by atoms with Crippen LogP contribution in [0.25, 0.3) is 0 Å². The minimum atomic E-state index is 0.238. The molecule has 1 atom stereocenters. The van der Waals surface area contributed by atoms with E-state index in [1.165, 1.54) is 30.4 Å². The molecule has 0 saturated carbocycles. The average molecular weight is 364 g/mol. The van der Waals surface area contributed by atoms with Crippen molar-refractivity contribution in [2.45, 2.75) is 51.4 Å². The zero-order chi connectivity index (χ0) is 18.8. The summed E-state index contributed by atoms with van der Waals surface area (Å²) in [6, 6.07) is 19.5. The summed E-state index contributed by atoms with van der Waals surface area (Å²) in [6.07, 6.45) is 14.1. The summed E-state index contributed by atoms with van der Waals surface area (Å²) >= 11 is 0. The predicted octanol–water partition coefficient (Wildman–Crippen LogP) is 5.71. The summed E-state index contributed by atoms with van der Waals surface area (Å²) in [4.78, 5) is 0. The van der Waals surface area contributed by atoms with Gasteiger partial charge in [-0.3, -0.25) is 0 Å². The summed E-state index contributed by atoms with van der Waals surface area (Å²) in [6.45, 7) is 1.55. The lowest BCUT2D eigenvalue weighted by Crippen LogP contribution is -2.26. The molecule has 0 amide bonds. The zero-order valence-corrected chi connectivity index (χ0v) is 16.4. The summed E-state index contributed by atoms with van der Waals surface area (Å²) < 4.78 is 6.10. The fourth-order valence-electron chi connectivity index (χ4n) is 4.03. The molecule has 0 radical (unpaired) electrons. The van der Waals surface area contributed by atoms with Gasteiger partial charge in [0.1, 0.15) is 5.75 Å². The van der Waals surface area contributed by atoms with E-state index < -0.39 is 0 Å². The van der Waals surface area contributed by atoms with Gasteiger partial charge in [0.25, 0.3) is 0 Å². The second-order valence-corrected chi connectivity index (χ2v) is 7.81. The topological polar surface area (TPSA) is 35.2 Å². The molecule has 0 bridgehead atoms. The van der Waals surface area contributed by atoms with Crippen molar-refractivity contribution >= 4 is 0 Å². The molecule has 1 aliphatic carbocycles. The van der Waals surface area contributed by atoms with Gasteiger partial charge >= 0.3 is 0 Å². The van der Waals surface area contributed by atoms with Crippen LogP contribution in [0.5, 0.6) is 5.75 Å². The Labute approximate surface area is 164 Å². The van der Waals surface area contributed by atoms with Crippen LogP contribution < -0.4 is 10.5 Å². The Morgan fingerprint density at radius 3 is 2.44 bits per heavy atom. The Kier molecular flexibility index (Phi) is 7.53. The van der Waals surface area contributed by atoms with E-state index in [-0.39, 0.29) is 5.41 Å². The Morgan fingerprint density at radius 1 is 0.926 bits per heavy atom. The largest absolute Gasteiger partial charge is 0.494 e. The maximum atomic E-state index is 6.10. The standard InChI is InChI=1S/C25H33NO/c26-19-8-5-9-22-12-14-24(15-13-22)27-20-18-25(16-6-2-7-17-25)21-23-10-3-1-4-11-23/h1,3-4,6,10-16H,2,5,7-9,17-21,26H2. The molecule has 1 unspecified atom stereocenters. The van der Waals surface area contributed by atoms with Gasteiger partial charge in [-0.05, 0) is 86.6 Å². The highest BCUT2D eigenvalue weighted by atomic mass is 16.5. The molecular weight excluding hydrogens is 330 g/mol. The Hall–Kier alpha value is -2.06. The maximum Gasteiger partial charge on any atom is 0.119 e. The Morgan fingerprint density at radius 2 is 1.74 bits per heavy atom. The molecule has 2 N–H and O–H groups in total. The first kappa shape index (κ1) is 19.7. The summed E-state index contributed by atoms with van der Waals surface area (Å²) in [5, 5.41) is 0. The van der Waals surface area contributed by atoms with Gasteiger partial charge in [0.05, 0.1) is 6.61 Å². The molecule has 2 nitrogen and oxygen atoms in total. The fraction of sp³-hybridized carbons (Fsp3) is 0.440. The quantitative estimate of drug-likeness (QED) is 0.434. The molecule has 2 heteroatoms. The van der Waals surface area contributed by atoms with Crippen LogP contribution in [0.15, 0.2) is 66.7 Å². The van der Waals surface area contributed by atoms with Crippen molar-refractivity contribution in [2.75, 3.05) is 13.2 Å². The van der Waals surface area contributed by atoms with Crippen LogP contribution in [-0.2, 0) is 12.8 Å². The normalized spacial score (nSPS) is 19.1. The second kappa shape index (κ2) is 10.3. The molecule has 27 heavy (non-hydrogen) atoms. The summed E-state index contributed by atoms with van der Waals surface area (Å²) in [7, 11) is 0. The molecule has 0 fully saturated rings. The molecule has 2 aromatic rings. The predicted molar refractivity (Wildman–Crippen MR) is 114 cm³/mol. The minimum absolute atomic E-state index is 0.238. The highest BCUT2D eigenvalue weighted by molar-refractivity contribution is 5.27. The lowest BCUT2D eigenvalue weighted by Gasteiger charge is -2.33. The number of rotatable bonds is 10. The van der Waals surface area contributed by atoms with E-state index in [4.69, 9.17) is 10.5 Å². The number of nitrogens with two attached hydrogens (primary N) is 1. The van der Waals surface area contributed by atoms with Crippen LogP contribution in [-0.4, -0.2) is 13.2 Å². The van der Waals surface area contributed by atoms with Crippen molar-refractivity contribution in [1.82, 2.24) is 0 Å². The van der Waals surface area contributed by atoms with Gasteiger partial charge in [-0.1, -0.05) is 54.6 Å². The number of hydrogen-bond donors (Lipinski definition) is 1. The third kappa shape index (κ3) is 6.25. The molecule has 1 aliphatic rings. The fourth-order valence-corrected chi connectivity index (χ4v) is 4.03. The number of allylic oxidation sites excluding steroid dienone is 2. The van der Waals surface area contributed by atoms with E-state index in [1.807, 2.05) is 0 Å². The van der Waals surface area contributed by atoms with Crippen molar-refractivity contribution in [3.05, 3.63) is 77.9 Å². The van der Waals surface area contributed by atoms with Gasteiger partial charge in [0.15, 0.2) is 0 Å². The van der Waals surface area contributed by atoms with Crippen molar-refractivity contribution in [3.63, 3.8) is 0 Å². The van der Waals surface area contributed by atoms with Crippen molar-refractivity contribution in [2.24, 2.45) is 11.1 Å². The smallest absolute Gasteiger partial charge is 0.119 e. The highest BCUT2D eigenvalue weighted by Crippen LogP contribution is 2.38. The molecule has 0 aliphatic heterocycles. The molecule has 0 spiro atoms. The third-order valence-electron chi connectivity index (χ3n) is 5.63. The van der Waals surface area contributed by atoms with E-state index in [0.717, 1.165) is 51.0 Å². The van der Waals surface area contributed by atoms with Crippen LogP contribution >= 0.6 is 0 Å². The number of benzene rings is 2. The van der Waals surface area contributed by atoms with Gasteiger partial charge in [0, 0.05) is 0 Å². The van der Waals surface area contributed by atoms with E-state index in [2.05, 4.69) is 66.7 Å². The van der Waals surface area contributed by atoms with E-state index in [1.54, 1.807) is 0 Å². The average Bonchev–Trinajstić information content (AvgIpc) is 2.71. The Balaban J connectivity index is 1.53. The third-order valence-corrected chi connectivity index (χ3v) is 5.63.